The maximum absolute atomic E-state index is 8.76. The van der Waals surface area contributed by atoms with Crippen molar-refractivity contribution in [1.82, 2.24) is 0 Å². The van der Waals surface area contributed by atoms with Crippen LogP contribution in [0.2, 0.25) is 0 Å². The molecule has 4 heteroatoms. The van der Waals surface area contributed by atoms with E-state index in [1.807, 2.05) is 6.07 Å². The summed E-state index contributed by atoms with van der Waals surface area (Å²) in [5.41, 5.74) is 4.34. The minimum absolute atomic E-state index is 0.318. The van der Waals surface area contributed by atoms with E-state index in [-0.39, 0.29) is 0 Å². The number of hydrogen-bond donors (Lipinski definition) is 2. The first-order valence-electron chi connectivity index (χ1n) is 3.38. The average molecular weight is 182 g/mol. The van der Waals surface area contributed by atoms with Crippen molar-refractivity contribution in [3.05, 3.63) is 29.3 Å². The Kier molecular flexibility index (Phi) is 2.92. The highest BCUT2D eigenvalue weighted by molar-refractivity contribution is 6.17. The number of benzene rings is 1. The molecule has 3 N–H and O–H groups in total. The largest absolute Gasteiger partial charge is 0.323 e. The van der Waals surface area contributed by atoms with Gasteiger partial charge < -0.3 is 5.43 Å². The summed E-state index contributed by atoms with van der Waals surface area (Å²) in [6.45, 7) is 0. The molecule has 0 saturated heterocycles. The molecule has 0 fully saturated rings. The van der Waals surface area contributed by atoms with Crippen LogP contribution in [0.1, 0.15) is 11.1 Å². The van der Waals surface area contributed by atoms with Gasteiger partial charge in [0.2, 0.25) is 0 Å². The molecule has 0 bridgehead atoms. The van der Waals surface area contributed by atoms with Crippen molar-refractivity contribution in [2.45, 2.75) is 5.88 Å². The second-order valence-corrected chi connectivity index (χ2v) is 2.50. The summed E-state index contributed by atoms with van der Waals surface area (Å²) in [6, 6.07) is 7.37. The van der Waals surface area contributed by atoms with Gasteiger partial charge in [0.15, 0.2) is 0 Å². The number of hydrogen-bond acceptors (Lipinski definition) is 3. The van der Waals surface area contributed by atoms with Crippen molar-refractivity contribution in [1.29, 1.82) is 5.26 Å². The lowest BCUT2D eigenvalue weighted by molar-refractivity contribution is 1.29. The maximum atomic E-state index is 8.76. The van der Waals surface area contributed by atoms with E-state index in [4.69, 9.17) is 22.7 Å². The zero-order chi connectivity index (χ0) is 8.97. The number of nitrogens with two attached hydrogens (primary N) is 1. The Balaban J connectivity index is 3.25. The number of alkyl halides is 1. The second-order valence-electron chi connectivity index (χ2n) is 2.23. The number of nitrogen functional groups attached to an aromatic ring is 1. The molecule has 0 saturated carbocycles. The van der Waals surface area contributed by atoms with Gasteiger partial charge in [0, 0.05) is 5.88 Å². The fourth-order valence-electron chi connectivity index (χ4n) is 0.964. The molecule has 0 unspecified atom stereocenters. The quantitative estimate of drug-likeness (QED) is 0.414. The van der Waals surface area contributed by atoms with Crippen LogP contribution in [-0.2, 0) is 5.88 Å². The lowest BCUT2D eigenvalue weighted by atomic mass is 10.1. The maximum Gasteiger partial charge on any atom is 0.102 e. The summed E-state index contributed by atoms with van der Waals surface area (Å²) in [6.07, 6.45) is 0. The molecule has 1 aromatic rings. The molecule has 1 rings (SSSR count). The number of rotatable bonds is 2. The highest BCUT2D eigenvalue weighted by Gasteiger charge is 2.04. The SMILES string of the molecule is N#Cc1c(CCl)cccc1NN. The van der Waals surface area contributed by atoms with Crippen molar-refractivity contribution >= 4 is 17.3 Å². The van der Waals surface area contributed by atoms with Crippen molar-refractivity contribution in [3.8, 4) is 6.07 Å². The molecule has 0 heterocycles. The van der Waals surface area contributed by atoms with Crippen LogP contribution in [0, 0.1) is 11.3 Å². The molecule has 0 radical (unpaired) electrons. The summed E-state index contributed by atoms with van der Waals surface area (Å²) in [5, 5.41) is 8.76. The molecule has 0 aliphatic carbocycles. The third-order valence-electron chi connectivity index (χ3n) is 1.56. The Morgan fingerprint density at radius 1 is 1.58 bits per heavy atom. The third kappa shape index (κ3) is 1.50. The topological polar surface area (TPSA) is 61.8 Å². The van der Waals surface area contributed by atoms with E-state index in [1.54, 1.807) is 18.2 Å². The minimum atomic E-state index is 0.318. The summed E-state index contributed by atoms with van der Waals surface area (Å²) in [4.78, 5) is 0. The van der Waals surface area contributed by atoms with Crippen LogP contribution in [0.5, 0.6) is 0 Å². The molecule has 0 aliphatic heterocycles. The number of nitrogens with zero attached hydrogens (tertiary/aromatic N) is 1. The van der Waals surface area contributed by atoms with E-state index >= 15 is 0 Å². The number of nitriles is 1. The fourth-order valence-corrected chi connectivity index (χ4v) is 1.19. The van der Waals surface area contributed by atoms with Gasteiger partial charge >= 0.3 is 0 Å². The molecular weight excluding hydrogens is 174 g/mol. The zero-order valence-corrected chi connectivity index (χ0v) is 7.10. The van der Waals surface area contributed by atoms with Gasteiger partial charge in [-0.1, -0.05) is 12.1 Å². The van der Waals surface area contributed by atoms with Crippen molar-refractivity contribution in [2.75, 3.05) is 5.43 Å². The monoisotopic (exact) mass is 181 g/mol. The van der Waals surface area contributed by atoms with Crippen LogP contribution in [-0.4, -0.2) is 0 Å². The Labute approximate surface area is 75.7 Å². The van der Waals surface area contributed by atoms with Gasteiger partial charge in [0.25, 0.3) is 0 Å². The van der Waals surface area contributed by atoms with Gasteiger partial charge in [-0.05, 0) is 11.6 Å². The molecule has 62 valence electrons. The van der Waals surface area contributed by atoms with Gasteiger partial charge in [-0.3, -0.25) is 5.84 Å². The first-order valence-corrected chi connectivity index (χ1v) is 3.91. The van der Waals surface area contributed by atoms with Crippen LogP contribution in [0.15, 0.2) is 18.2 Å². The molecule has 0 atom stereocenters. The zero-order valence-electron chi connectivity index (χ0n) is 6.34. The van der Waals surface area contributed by atoms with E-state index in [0.717, 1.165) is 5.56 Å². The van der Waals surface area contributed by atoms with Crippen LogP contribution in [0.3, 0.4) is 0 Å². The minimum Gasteiger partial charge on any atom is -0.323 e. The molecule has 3 nitrogen and oxygen atoms in total. The summed E-state index contributed by atoms with van der Waals surface area (Å²) in [7, 11) is 0. The molecule has 0 amide bonds. The number of anilines is 1. The average Bonchev–Trinajstić information content (AvgIpc) is 2.16. The molecule has 0 aliphatic rings. The Morgan fingerprint density at radius 2 is 2.33 bits per heavy atom. The molecule has 1 aromatic carbocycles. The highest BCUT2D eigenvalue weighted by Crippen LogP contribution is 2.19. The third-order valence-corrected chi connectivity index (χ3v) is 1.85. The van der Waals surface area contributed by atoms with E-state index in [2.05, 4.69) is 5.43 Å². The molecule has 0 aromatic heterocycles. The number of nitrogens with one attached hydrogen (secondary N) is 1. The lowest BCUT2D eigenvalue weighted by Gasteiger charge is -2.05. The normalized spacial score (nSPS) is 9.08. The highest BCUT2D eigenvalue weighted by atomic mass is 35.5. The van der Waals surface area contributed by atoms with Gasteiger partial charge in [-0.15, -0.1) is 11.6 Å². The number of halogens is 1. The van der Waals surface area contributed by atoms with E-state index in [1.165, 1.54) is 0 Å². The van der Waals surface area contributed by atoms with E-state index < -0.39 is 0 Å². The van der Waals surface area contributed by atoms with Gasteiger partial charge in [0.05, 0.1) is 11.3 Å². The predicted molar refractivity (Wildman–Crippen MR) is 48.5 cm³/mol. The molecular formula is C8H8ClN3. The summed E-state index contributed by atoms with van der Waals surface area (Å²) < 4.78 is 0. The van der Waals surface area contributed by atoms with Crippen LogP contribution < -0.4 is 11.3 Å². The Bertz CT molecular complexity index is 294. The molecule has 0 spiro atoms. The Hall–Kier alpha value is -1.24. The van der Waals surface area contributed by atoms with Crippen LogP contribution in [0.25, 0.3) is 0 Å². The first-order chi connectivity index (χ1) is 5.83. The van der Waals surface area contributed by atoms with Crippen molar-refractivity contribution in [2.24, 2.45) is 5.84 Å². The smallest absolute Gasteiger partial charge is 0.102 e. The van der Waals surface area contributed by atoms with Crippen molar-refractivity contribution < 1.29 is 0 Å². The standard InChI is InChI=1S/C8H8ClN3/c9-4-6-2-1-3-8(12-11)7(6)5-10/h1-3,12H,4,11H2. The van der Waals surface area contributed by atoms with Gasteiger partial charge in [-0.25, -0.2) is 0 Å². The van der Waals surface area contributed by atoms with Crippen molar-refractivity contribution in [3.63, 3.8) is 0 Å². The van der Waals surface area contributed by atoms with Gasteiger partial charge in [-0.2, -0.15) is 5.26 Å². The van der Waals surface area contributed by atoms with E-state index in [0.29, 0.717) is 17.1 Å². The Morgan fingerprint density at radius 3 is 2.83 bits per heavy atom. The summed E-state index contributed by atoms with van der Waals surface area (Å²) >= 11 is 5.62. The number of hydrazine groups is 1. The molecule has 12 heavy (non-hydrogen) atoms. The lowest BCUT2D eigenvalue weighted by Crippen LogP contribution is -2.09. The predicted octanol–water partition coefficient (Wildman–Crippen LogP) is 1.58. The fraction of sp³-hybridized carbons (Fsp3) is 0.125. The van der Waals surface area contributed by atoms with Crippen LogP contribution in [0.4, 0.5) is 5.69 Å². The van der Waals surface area contributed by atoms with Crippen LogP contribution >= 0.6 is 11.6 Å². The summed E-state index contributed by atoms with van der Waals surface area (Å²) in [5.74, 6) is 5.52. The van der Waals surface area contributed by atoms with Gasteiger partial charge in [0.1, 0.15) is 6.07 Å². The second kappa shape index (κ2) is 3.96. The van der Waals surface area contributed by atoms with E-state index in [9.17, 15) is 0 Å². The first kappa shape index (κ1) is 8.85.